The minimum absolute atomic E-state index is 0.245. The van der Waals surface area contributed by atoms with Crippen molar-refractivity contribution < 1.29 is 13.2 Å². The SMILES string of the molecule is COc1cc2c(cc1NS(=O)(=O)c1ccc(-c3cccc(Cl)c3)s1)CCN(C)CC2. The van der Waals surface area contributed by atoms with Gasteiger partial charge < -0.3 is 9.64 Å². The molecule has 1 aliphatic heterocycles. The second kappa shape index (κ2) is 8.59. The van der Waals surface area contributed by atoms with Crippen LogP contribution >= 0.6 is 22.9 Å². The van der Waals surface area contributed by atoms with E-state index in [1.807, 2.05) is 30.3 Å². The quantitative estimate of drug-likeness (QED) is 0.585. The third-order valence-electron chi connectivity index (χ3n) is 5.25. The van der Waals surface area contributed by atoms with Crippen LogP contribution in [0.1, 0.15) is 11.1 Å². The molecule has 1 aromatic heterocycles. The van der Waals surface area contributed by atoms with Gasteiger partial charge in [0, 0.05) is 23.0 Å². The molecule has 5 nitrogen and oxygen atoms in total. The van der Waals surface area contributed by atoms with Gasteiger partial charge in [-0.05, 0) is 73.0 Å². The largest absolute Gasteiger partial charge is 0.495 e. The Balaban J connectivity index is 1.64. The van der Waals surface area contributed by atoms with Crippen molar-refractivity contribution in [1.29, 1.82) is 0 Å². The van der Waals surface area contributed by atoms with Crippen LogP contribution in [0.15, 0.2) is 52.7 Å². The van der Waals surface area contributed by atoms with E-state index in [0.717, 1.165) is 41.9 Å². The number of likely N-dealkylation sites (N-methyl/N-ethyl adjacent to an activating group) is 1. The zero-order valence-electron chi connectivity index (χ0n) is 16.8. The van der Waals surface area contributed by atoms with E-state index in [1.54, 1.807) is 25.3 Å². The monoisotopic (exact) mass is 462 g/mol. The lowest BCUT2D eigenvalue weighted by atomic mass is 10.0. The first-order valence-corrected chi connectivity index (χ1v) is 12.3. The van der Waals surface area contributed by atoms with Crippen LogP contribution in [-0.2, 0) is 22.9 Å². The van der Waals surface area contributed by atoms with Crippen molar-refractivity contribution in [2.24, 2.45) is 0 Å². The minimum Gasteiger partial charge on any atom is -0.495 e. The number of benzene rings is 2. The number of nitrogens with zero attached hydrogens (tertiary/aromatic N) is 1. The molecule has 0 bridgehead atoms. The summed E-state index contributed by atoms with van der Waals surface area (Å²) in [6.07, 6.45) is 1.80. The molecule has 2 heterocycles. The molecule has 0 spiro atoms. The number of nitrogens with one attached hydrogen (secondary N) is 1. The molecule has 0 saturated heterocycles. The van der Waals surface area contributed by atoms with Crippen molar-refractivity contribution in [2.45, 2.75) is 17.1 Å². The third-order valence-corrected chi connectivity index (χ3v) is 8.47. The Morgan fingerprint density at radius 2 is 1.80 bits per heavy atom. The van der Waals surface area contributed by atoms with E-state index in [0.29, 0.717) is 16.5 Å². The Morgan fingerprint density at radius 3 is 2.50 bits per heavy atom. The summed E-state index contributed by atoms with van der Waals surface area (Å²) in [5.41, 5.74) is 3.72. The van der Waals surface area contributed by atoms with Crippen molar-refractivity contribution in [3.63, 3.8) is 0 Å². The van der Waals surface area contributed by atoms with E-state index in [9.17, 15) is 8.42 Å². The molecule has 30 heavy (non-hydrogen) atoms. The fourth-order valence-corrected chi connectivity index (χ4v) is 6.13. The number of ether oxygens (including phenoxy) is 1. The molecule has 0 saturated carbocycles. The van der Waals surface area contributed by atoms with Gasteiger partial charge in [-0.1, -0.05) is 23.7 Å². The molecule has 0 aliphatic carbocycles. The summed E-state index contributed by atoms with van der Waals surface area (Å²) in [6, 6.07) is 14.7. The van der Waals surface area contributed by atoms with Gasteiger partial charge in [-0.2, -0.15) is 0 Å². The van der Waals surface area contributed by atoms with Gasteiger partial charge in [-0.15, -0.1) is 11.3 Å². The molecule has 0 atom stereocenters. The summed E-state index contributed by atoms with van der Waals surface area (Å²) in [6.45, 7) is 1.92. The second-order valence-electron chi connectivity index (χ2n) is 7.36. The smallest absolute Gasteiger partial charge is 0.271 e. The van der Waals surface area contributed by atoms with E-state index < -0.39 is 10.0 Å². The van der Waals surface area contributed by atoms with Crippen LogP contribution in [0.4, 0.5) is 5.69 Å². The highest BCUT2D eigenvalue weighted by molar-refractivity contribution is 7.94. The lowest BCUT2D eigenvalue weighted by Crippen LogP contribution is -2.20. The van der Waals surface area contributed by atoms with Crippen molar-refractivity contribution in [3.8, 4) is 16.2 Å². The zero-order chi connectivity index (χ0) is 21.3. The molecular formula is C22H23ClN2O3S2. The molecule has 0 unspecified atom stereocenters. The molecule has 0 fully saturated rings. The molecular weight excluding hydrogens is 440 g/mol. The Bertz CT molecular complexity index is 1170. The van der Waals surface area contributed by atoms with Gasteiger partial charge in [-0.3, -0.25) is 4.72 Å². The van der Waals surface area contributed by atoms with E-state index in [4.69, 9.17) is 16.3 Å². The lowest BCUT2D eigenvalue weighted by Gasteiger charge is -2.15. The average molecular weight is 463 g/mol. The van der Waals surface area contributed by atoms with E-state index in [-0.39, 0.29) is 4.21 Å². The van der Waals surface area contributed by atoms with Gasteiger partial charge in [0.15, 0.2) is 0 Å². The Labute approximate surface area is 186 Å². The first-order chi connectivity index (χ1) is 14.4. The molecule has 2 aromatic carbocycles. The highest BCUT2D eigenvalue weighted by Crippen LogP contribution is 2.35. The van der Waals surface area contributed by atoms with E-state index in [2.05, 4.69) is 16.7 Å². The van der Waals surface area contributed by atoms with Crippen molar-refractivity contribution in [1.82, 2.24) is 4.90 Å². The minimum atomic E-state index is -3.74. The van der Waals surface area contributed by atoms with Gasteiger partial charge in [0.25, 0.3) is 10.0 Å². The number of anilines is 1. The Hall–Kier alpha value is -2.06. The number of sulfonamides is 1. The molecule has 3 aromatic rings. The van der Waals surface area contributed by atoms with Crippen molar-refractivity contribution >= 4 is 38.6 Å². The van der Waals surface area contributed by atoms with Crippen LogP contribution in [0.5, 0.6) is 5.75 Å². The number of hydrogen-bond donors (Lipinski definition) is 1. The van der Waals surface area contributed by atoms with Crippen LogP contribution in [0, 0.1) is 0 Å². The molecule has 4 rings (SSSR count). The molecule has 8 heteroatoms. The fraction of sp³-hybridized carbons (Fsp3) is 0.273. The highest BCUT2D eigenvalue weighted by Gasteiger charge is 2.22. The van der Waals surface area contributed by atoms with Crippen LogP contribution in [0.2, 0.25) is 5.02 Å². The number of hydrogen-bond acceptors (Lipinski definition) is 5. The van der Waals surface area contributed by atoms with Crippen molar-refractivity contribution in [2.75, 3.05) is 32.0 Å². The number of methoxy groups -OCH3 is 1. The maximum atomic E-state index is 13.1. The van der Waals surface area contributed by atoms with E-state index >= 15 is 0 Å². The molecule has 0 amide bonds. The van der Waals surface area contributed by atoms with Gasteiger partial charge in [0.05, 0.1) is 12.8 Å². The third kappa shape index (κ3) is 4.49. The molecule has 1 aliphatic rings. The maximum absolute atomic E-state index is 13.1. The van der Waals surface area contributed by atoms with Crippen molar-refractivity contribution in [3.05, 3.63) is 64.7 Å². The lowest BCUT2D eigenvalue weighted by molar-refractivity contribution is 0.352. The van der Waals surface area contributed by atoms with Gasteiger partial charge in [0.1, 0.15) is 9.96 Å². The highest BCUT2D eigenvalue weighted by atomic mass is 35.5. The summed E-state index contributed by atoms with van der Waals surface area (Å²) >= 11 is 7.28. The summed E-state index contributed by atoms with van der Waals surface area (Å²) in [5, 5.41) is 0.615. The van der Waals surface area contributed by atoms with Crippen LogP contribution in [0.3, 0.4) is 0 Å². The second-order valence-corrected chi connectivity index (χ2v) is 10.8. The van der Waals surface area contributed by atoms with Gasteiger partial charge in [0.2, 0.25) is 0 Å². The summed E-state index contributed by atoms with van der Waals surface area (Å²) in [7, 11) is -0.0860. The number of rotatable bonds is 5. The normalized spacial score (nSPS) is 14.8. The predicted octanol–water partition coefficient (Wildman–Crippen LogP) is 4.91. The summed E-state index contributed by atoms with van der Waals surface area (Å²) in [5.74, 6) is 0.536. The van der Waals surface area contributed by atoms with Gasteiger partial charge in [-0.25, -0.2) is 8.42 Å². The molecule has 1 N–H and O–H groups in total. The van der Waals surface area contributed by atoms with Crippen LogP contribution in [-0.4, -0.2) is 40.6 Å². The topological polar surface area (TPSA) is 58.6 Å². The van der Waals surface area contributed by atoms with E-state index in [1.165, 1.54) is 16.9 Å². The average Bonchev–Trinajstić information content (AvgIpc) is 3.15. The number of thiophene rings is 1. The summed E-state index contributed by atoms with van der Waals surface area (Å²) in [4.78, 5) is 3.12. The number of fused-ring (bicyclic) bond motifs is 1. The number of halogens is 1. The molecule has 0 radical (unpaired) electrons. The Morgan fingerprint density at radius 1 is 1.07 bits per heavy atom. The zero-order valence-corrected chi connectivity index (χ0v) is 19.2. The first kappa shape index (κ1) is 21.2. The molecule has 158 valence electrons. The Kier molecular flexibility index (Phi) is 6.06. The van der Waals surface area contributed by atoms with Gasteiger partial charge >= 0.3 is 0 Å². The maximum Gasteiger partial charge on any atom is 0.271 e. The predicted molar refractivity (Wildman–Crippen MR) is 123 cm³/mol. The summed E-state index contributed by atoms with van der Waals surface area (Å²) < 4.78 is 34.6. The standard InChI is InChI=1S/C22H23ClN2O3S2/c1-25-10-8-15-13-19(20(28-2)14-16(15)9-11-25)24-30(26,27)22-7-6-21(29-22)17-4-3-5-18(23)12-17/h3-7,12-14,24H,8-11H2,1-2H3. The fourth-order valence-electron chi connectivity index (χ4n) is 3.57. The first-order valence-electron chi connectivity index (χ1n) is 9.62. The van der Waals surface area contributed by atoms with Crippen LogP contribution < -0.4 is 9.46 Å². The van der Waals surface area contributed by atoms with Crippen LogP contribution in [0.25, 0.3) is 10.4 Å².